The summed E-state index contributed by atoms with van der Waals surface area (Å²) < 4.78 is 0. The highest BCUT2D eigenvalue weighted by molar-refractivity contribution is 6.21. The van der Waals surface area contributed by atoms with E-state index in [9.17, 15) is 0 Å². The van der Waals surface area contributed by atoms with Crippen LogP contribution in [0.2, 0.25) is 0 Å². The fourth-order valence-corrected chi connectivity index (χ4v) is 1.39. The van der Waals surface area contributed by atoms with Crippen LogP contribution in [0.15, 0.2) is 24.4 Å². The summed E-state index contributed by atoms with van der Waals surface area (Å²) in [6, 6.07) is 3.81. The van der Waals surface area contributed by atoms with Crippen molar-refractivity contribution in [2.75, 3.05) is 0 Å². The molecule has 0 aliphatic heterocycles. The van der Waals surface area contributed by atoms with Crippen molar-refractivity contribution in [3.8, 4) is 0 Å². The molecule has 0 aromatic carbocycles. The predicted molar refractivity (Wildman–Crippen MR) is 61.1 cm³/mol. The minimum Gasteiger partial charge on any atom is -0.402 e. The summed E-state index contributed by atoms with van der Waals surface area (Å²) in [4.78, 5) is 3.13. The number of rotatable bonds is 3. The molecular weight excluding hydrogens is 174 g/mol. The lowest BCUT2D eigenvalue weighted by Crippen LogP contribution is -2.04. The van der Waals surface area contributed by atoms with Gasteiger partial charge in [-0.25, -0.2) is 0 Å². The normalized spacial score (nSPS) is 12.1. The Hall–Kier alpha value is -1.77. The minimum atomic E-state index is 0.461. The summed E-state index contributed by atoms with van der Waals surface area (Å²) in [5.41, 5.74) is 9.38. The molecule has 0 unspecified atom stereocenters. The molecule has 0 amide bonds. The van der Waals surface area contributed by atoms with Crippen molar-refractivity contribution in [3.05, 3.63) is 35.8 Å². The van der Waals surface area contributed by atoms with E-state index in [0.717, 1.165) is 17.0 Å². The van der Waals surface area contributed by atoms with Gasteiger partial charge in [0.15, 0.2) is 0 Å². The number of hydrogen-bond donors (Lipinski definition) is 3. The molecule has 0 saturated carbocycles. The van der Waals surface area contributed by atoms with E-state index in [4.69, 9.17) is 11.1 Å². The molecule has 1 rings (SSSR count). The molecule has 1 aromatic heterocycles. The van der Waals surface area contributed by atoms with Gasteiger partial charge in [0.25, 0.3) is 0 Å². The van der Waals surface area contributed by atoms with Crippen LogP contribution in [0.3, 0.4) is 0 Å². The Bertz CT molecular complexity index is 392. The van der Waals surface area contributed by atoms with Gasteiger partial charge >= 0.3 is 0 Å². The topological polar surface area (TPSA) is 65.7 Å². The number of nitrogens with two attached hydrogens (primary N) is 1. The maximum Gasteiger partial charge on any atom is 0.0494 e. The van der Waals surface area contributed by atoms with E-state index in [1.54, 1.807) is 19.9 Å². The molecule has 4 N–H and O–H groups in total. The minimum absolute atomic E-state index is 0.461. The molecule has 0 aliphatic rings. The van der Waals surface area contributed by atoms with Gasteiger partial charge in [0.05, 0.1) is 0 Å². The average Bonchev–Trinajstić information content (AvgIpc) is 2.51. The van der Waals surface area contributed by atoms with Crippen molar-refractivity contribution in [3.63, 3.8) is 0 Å². The second-order valence-electron chi connectivity index (χ2n) is 3.21. The standard InChI is InChI=1S/C11H15N3/c1-4-9-5-6-10(14-9)11(7(2)12)8(3)13/h4-6,12,14H,1,13H2,2-3H3/b11-8+,12-7?. The largest absolute Gasteiger partial charge is 0.402 e. The van der Waals surface area contributed by atoms with Gasteiger partial charge in [-0.05, 0) is 32.1 Å². The van der Waals surface area contributed by atoms with Crippen LogP contribution >= 0.6 is 0 Å². The zero-order valence-corrected chi connectivity index (χ0v) is 8.52. The van der Waals surface area contributed by atoms with Gasteiger partial charge in [0, 0.05) is 28.4 Å². The molecule has 0 atom stereocenters. The zero-order chi connectivity index (χ0) is 10.7. The lowest BCUT2D eigenvalue weighted by Gasteiger charge is -2.05. The third-order valence-corrected chi connectivity index (χ3v) is 1.97. The lowest BCUT2D eigenvalue weighted by atomic mass is 10.1. The molecule has 0 radical (unpaired) electrons. The second kappa shape index (κ2) is 3.96. The fraction of sp³-hybridized carbons (Fsp3) is 0.182. The predicted octanol–water partition coefficient (Wildman–Crippen LogP) is 2.39. The van der Waals surface area contributed by atoms with Crippen molar-refractivity contribution in [2.24, 2.45) is 5.73 Å². The monoisotopic (exact) mass is 189 g/mol. The molecule has 74 valence electrons. The molecule has 3 nitrogen and oxygen atoms in total. The Balaban J connectivity index is 3.20. The van der Waals surface area contributed by atoms with E-state index in [1.165, 1.54) is 0 Å². The van der Waals surface area contributed by atoms with Gasteiger partial charge in [0.1, 0.15) is 0 Å². The summed E-state index contributed by atoms with van der Waals surface area (Å²) in [5.74, 6) is 0. The van der Waals surface area contributed by atoms with Gasteiger partial charge in [-0.15, -0.1) is 0 Å². The molecule has 0 saturated heterocycles. The summed E-state index contributed by atoms with van der Waals surface area (Å²) in [7, 11) is 0. The average molecular weight is 189 g/mol. The Morgan fingerprint density at radius 2 is 2.14 bits per heavy atom. The first-order valence-corrected chi connectivity index (χ1v) is 4.40. The number of aromatic nitrogens is 1. The molecule has 0 bridgehead atoms. The number of aromatic amines is 1. The van der Waals surface area contributed by atoms with E-state index in [1.807, 2.05) is 12.1 Å². The van der Waals surface area contributed by atoms with Crippen LogP contribution < -0.4 is 5.73 Å². The lowest BCUT2D eigenvalue weighted by molar-refractivity contribution is 1.27. The van der Waals surface area contributed by atoms with Crippen molar-refractivity contribution in [1.29, 1.82) is 5.41 Å². The van der Waals surface area contributed by atoms with E-state index in [2.05, 4.69) is 11.6 Å². The van der Waals surface area contributed by atoms with Gasteiger partial charge in [-0.1, -0.05) is 6.58 Å². The van der Waals surface area contributed by atoms with E-state index < -0.39 is 0 Å². The van der Waals surface area contributed by atoms with Gasteiger partial charge in [0.2, 0.25) is 0 Å². The number of allylic oxidation sites excluding steroid dienone is 2. The van der Waals surface area contributed by atoms with Crippen LogP contribution in [-0.4, -0.2) is 10.7 Å². The molecule has 14 heavy (non-hydrogen) atoms. The summed E-state index contributed by atoms with van der Waals surface area (Å²) >= 11 is 0. The second-order valence-corrected chi connectivity index (χ2v) is 3.21. The quantitative estimate of drug-likeness (QED) is 0.628. The fourth-order valence-electron chi connectivity index (χ4n) is 1.39. The van der Waals surface area contributed by atoms with Crippen LogP contribution in [0.1, 0.15) is 25.2 Å². The first-order valence-electron chi connectivity index (χ1n) is 4.40. The molecule has 3 heteroatoms. The van der Waals surface area contributed by atoms with Crippen LogP contribution in [0.5, 0.6) is 0 Å². The molecule has 1 aromatic rings. The van der Waals surface area contributed by atoms with Crippen LogP contribution in [-0.2, 0) is 0 Å². The van der Waals surface area contributed by atoms with E-state index >= 15 is 0 Å². The highest BCUT2D eigenvalue weighted by Crippen LogP contribution is 2.17. The van der Waals surface area contributed by atoms with Crippen molar-refractivity contribution in [2.45, 2.75) is 13.8 Å². The zero-order valence-electron chi connectivity index (χ0n) is 8.52. The third-order valence-electron chi connectivity index (χ3n) is 1.97. The third kappa shape index (κ3) is 1.93. The Kier molecular flexibility index (Phi) is 2.92. The number of nitrogens with one attached hydrogen (secondary N) is 2. The van der Waals surface area contributed by atoms with Crippen molar-refractivity contribution in [1.82, 2.24) is 4.98 Å². The summed E-state index contributed by atoms with van der Waals surface area (Å²) in [5, 5.41) is 7.60. The number of H-pyrrole nitrogens is 1. The first kappa shape index (κ1) is 10.3. The Labute approximate surface area is 83.8 Å². The molecule has 1 heterocycles. The molecule has 0 aliphatic carbocycles. The molecule has 0 spiro atoms. The van der Waals surface area contributed by atoms with Crippen LogP contribution in [0.25, 0.3) is 11.6 Å². The van der Waals surface area contributed by atoms with E-state index in [-0.39, 0.29) is 0 Å². The van der Waals surface area contributed by atoms with Crippen LogP contribution in [0, 0.1) is 5.41 Å². The maximum atomic E-state index is 7.60. The highest BCUT2D eigenvalue weighted by atomic mass is 14.7. The van der Waals surface area contributed by atoms with Gasteiger partial charge < -0.3 is 16.1 Å². The SMILES string of the molecule is C=Cc1ccc(/C(C(C)=N)=C(\C)N)[nH]1. The summed E-state index contributed by atoms with van der Waals surface area (Å²) in [6.45, 7) is 7.18. The van der Waals surface area contributed by atoms with Gasteiger partial charge in [-0.2, -0.15) is 0 Å². The maximum absolute atomic E-state index is 7.60. The highest BCUT2D eigenvalue weighted by Gasteiger charge is 2.08. The molecule has 0 fully saturated rings. The molecular formula is C11H15N3. The van der Waals surface area contributed by atoms with Crippen molar-refractivity contribution >= 4 is 17.4 Å². The Morgan fingerprint density at radius 3 is 2.50 bits per heavy atom. The smallest absolute Gasteiger partial charge is 0.0494 e. The van der Waals surface area contributed by atoms with E-state index in [0.29, 0.717) is 11.4 Å². The summed E-state index contributed by atoms with van der Waals surface area (Å²) in [6.07, 6.45) is 1.73. The number of hydrogen-bond acceptors (Lipinski definition) is 2. The van der Waals surface area contributed by atoms with Crippen molar-refractivity contribution < 1.29 is 0 Å². The van der Waals surface area contributed by atoms with Gasteiger partial charge in [-0.3, -0.25) is 0 Å². The van der Waals surface area contributed by atoms with Crippen LogP contribution in [0.4, 0.5) is 0 Å². The first-order chi connectivity index (χ1) is 6.56. The Morgan fingerprint density at radius 1 is 1.50 bits per heavy atom.